The first-order chi connectivity index (χ1) is 6.04. The second kappa shape index (κ2) is 4.64. The van der Waals surface area contributed by atoms with Crippen molar-refractivity contribution in [3.05, 3.63) is 0 Å². The van der Waals surface area contributed by atoms with Crippen LogP contribution in [0.1, 0.15) is 12.8 Å². The van der Waals surface area contributed by atoms with Gasteiger partial charge < -0.3 is 4.90 Å². The molecule has 0 spiro atoms. The Bertz CT molecular complexity index is 158. The molecule has 1 nitrogen and oxygen atoms in total. The van der Waals surface area contributed by atoms with Crippen LogP contribution in [-0.2, 0) is 0 Å². The topological polar surface area (TPSA) is 3.24 Å². The van der Waals surface area contributed by atoms with Crippen LogP contribution in [0.3, 0.4) is 0 Å². The molecular weight excluding hydrogens is 247 g/mol. The Balaban J connectivity index is 2.42. The highest BCUT2D eigenvalue weighted by atomic mass is 79.9. The molecule has 0 N–H and O–H groups in total. The van der Waals surface area contributed by atoms with Gasteiger partial charge in [-0.1, -0.05) is 15.9 Å². The maximum Gasteiger partial charge on any atom is 0.393 e. The van der Waals surface area contributed by atoms with E-state index in [1.165, 1.54) is 0 Å². The van der Waals surface area contributed by atoms with Crippen LogP contribution in [0, 0.1) is 5.92 Å². The fourth-order valence-corrected chi connectivity index (χ4v) is 2.15. The first-order valence-corrected chi connectivity index (χ1v) is 5.51. The second-order valence-corrected chi connectivity index (χ2v) is 4.16. The summed E-state index contributed by atoms with van der Waals surface area (Å²) in [4.78, 5) is 1.87. The Morgan fingerprint density at radius 2 is 2.08 bits per heavy atom. The Kier molecular flexibility index (Phi) is 4.04. The molecule has 0 aromatic rings. The van der Waals surface area contributed by atoms with Crippen LogP contribution >= 0.6 is 15.9 Å². The minimum absolute atomic E-state index is 0.176. The minimum Gasteiger partial charge on any atom is -0.302 e. The standard InChI is InChI=1S/C8H13BrF3N/c9-3-5-13-4-1-2-7(6-13)8(10,11)12/h7H,1-6H2. The number of nitrogens with zero attached hydrogens (tertiary/aromatic N) is 1. The molecule has 78 valence electrons. The first-order valence-electron chi connectivity index (χ1n) is 4.39. The van der Waals surface area contributed by atoms with Crippen molar-refractivity contribution in [1.82, 2.24) is 4.90 Å². The summed E-state index contributed by atoms with van der Waals surface area (Å²) in [6.45, 7) is 1.69. The van der Waals surface area contributed by atoms with Crippen LogP contribution in [-0.4, -0.2) is 36.0 Å². The molecule has 5 heteroatoms. The Hall–Kier alpha value is 0.230. The predicted molar refractivity (Wildman–Crippen MR) is 49.0 cm³/mol. The zero-order valence-corrected chi connectivity index (χ0v) is 8.87. The van der Waals surface area contributed by atoms with Crippen LogP contribution in [0.2, 0.25) is 0 Å². The number of rotatable bonds is 2. The number of hydrogen-bond acceptors (Lipinski definition) is 1. The maximum atomic E-state index is 12.3. The lowest BCUT2D eigenvalue weighted by Gasteiger charge is -2.33. The molecule has 1 aliphatic heterocycles. The smallest absolute Gasteiger partial charge is 0.302 e. The molecule has 0 bridgehead atoms. The molecular formula is C8H13BrF3N. The Morgan fingerprint density at radius 1 is 1.38 bits per heavy atom. The maximum absolute atomic E-state index is 12.3. The largest absolute Gasteiger partial charge is 0.393 e. The van der Waals surface area contributed by atoms with Gasteiger partial charge in [0.2, 0.25) is 0 Å². The highest BCUT2D eigenvalue weighted by Gasteiger charge is 2.41. The van der Waals surface area contributed by atoms with Gasteiger partial charge in [0.1, 0.15) is 0 Å². The van der Waals surface area contributed by atoms with Gasteiger partial charge in [-0.05, 0) is 19.4 Å². The number of piperidine rings is 1. The van der Waals surface area contributed by atoms with Gasteiger partial charge in [-0.3, -0.25) is 0 Å². The average molecular weight is 260 g/mol. The summed E-state index contributed by atoms with van der Waals surface area (Å²) >= 11 is 3.23. The van der Waals surface area contributed by atoms with E-state index in [-0.39, 0.29) is 6.54 Å². The minimum atomic E-state index is -4.01. The monoisotopic (exact) mass is 259 g/mol. The van der Waals surface area contributed by atoms with Gasteiger partial charge in [0, 0.05) is 18.4 Å². The van der Waals surface area contributed by atoms with Gasteiger partial charge >= 0.3 is 6.18 Å². The first kappa shape index (κ1) is 11.3. The fraction of sp³-hybridized carbons (Fsp3) is 1.00. The van der Waals surface area contributed by atoms with Crippen molar-refractivity contribution in [3.8, 4) is 0 Å². The van der Waals surface area contributed by atoms with E-state index in [1.54, 1.807) is 0 Å². The van der Waals surface area contributed by atoms with E-state index in [2.05, 4.69) is 15.9 Å². The van der Waals surface area contributed by atoms with Crippen molar-refractivity contribution in [2.75, 3.05) is 25.0 Å². The number of hydrogen-bond donors (Lipinski definition) is 0. The van der Waals surface area contributed by atoms with Crippen LogP contribution in [0.15, 0.2) is 0 Å². The lowest BCUT2D eigenvalue weighted by Crippen LogP contribution is -2.42. The molecule has 1 unspecified atom stereocenters. The van der Waals surface area contributed by atoms with Gasteiger partial charge in [-0.25, -0.2) is 0 Å². The second-order valence-electron chi connectivity index (χ2n) is 3.37. The van der Waals surface area contributed by atoms with E-state index in [0.29, 0.717) is 19.4 Å². The molecule has 0 aromatic carbocycles. The van der Waals surface area contributed by atoms with Crippen molar-refractivity contribution < 1.29 is 13.2 Å². The third kappa shape index (κ3) is 3.46. The fourth-order valence-electron chi connectivity index (χ4n) is 1.65. The van der Waals surface area contributed by atoms with Crippen molar-refractivity contribution in [3.63, 3.8) is 0 Å². The summed E-state index contributed by atoms with van der Waals surface area (Å²) in [5.74, 6) is -1.11. The normalized spacial score (nSPS) is 26.3. The molecule has 1 fully saturated rings. The highest BCUT2D eigenvalue weighted by molar-refractivity contribution is 9.09. The van der Waals surface area contributed by atoms with E-state index in [4.69, 9.17) is 0 Å². The van der Waals surface area contributed by atoms with Crippen molar-refractivity contribution >= 4 is 15.9 Å². The zero-order chi connectivity index (χ0) is 9.90. The predicted octanol–water partition coefficient (Wildman–Crippen LogP) is 2.66. The van der Waals surface area contributed by atoms with Crippen LogP contribution in [0.25, 0.3) is 0 Å². The molecule has 0 aliphatic carbocycles. The quantitative estimate of drug-likeness (QED) is 0.690. The molecule has 0 aromatic heterocycles. The summed E-state index contributed by atoms with van der Waals surface area (Å²) in [7, 11) is 0. The molecule has 1 heterocycles. The van der Waals surface area contributed by atoms with Gasteiger partial charge in [0.15, 0.2) is 0 Å². The highest BCUT2D eigenvalue weighted by Crippen LogP contribution is 2.32. The van der Waals surface area contributed by atoms with Crippen molar-refractivity contribution in [2.45, 2.75) is 19.0 Å². The number of alkyl halides is 4. The molecule has 0 saturated carbocycles. The van der Waals surface area contributed by atoms with E-state index >= 15 is 0 Å². The molecule has 1 atom stereocenters. The third-order valence-electron chi connectivity index (χ3n) is 2.37. The van der Waals surface area contributed by atoms with E-state index in [0.717, 1.165) is 11.9 Å². The van der Waals surface area contributed by atoms with Crippen molar-refractivity contribution in [2.24, 2.45) is 5.92 Å². The van der Waals surface area contributed by atoms with Crippen molar-refractivity contribution in [1.29, 1.82) is 0 Å². The van der Waals surface area contributed by atoms with Crippen LogP contribution < -0.4 is 0 Å². The summed E-state index contributed by atoms with van der Waals surface area (Å²) in [5, 5.41) is 0.748. The van der Waals surface area contributed by atoms with E-state index in [9.17, 15) is 13.2 Å². The van der Waals surface area contributed by atoms with E-state index in [1.807, 2.05) is 4.90 Å². The summed E-state index contributed by atoms with van der Waals surface area (Å²) in [6.07, 6.45) is -3.05. The number of likely N-dealkylation sites (tertiary alicyclic amines) is 1. The van der Waals surface area contributed by atoms with Gasteiger partial charge in [-0.15, -0.1) is 0 Å². The summed E-state index contributed by atoms with van der Waals surface area (Å²) in [5.41, 5.74) is 0. The third-order valence-corrected chi connectivity index (χ3v) is 2.72. The zero-order valence-electron chi connectivity index (χ0n) is 7.28. The SMILES string of the molecule is FC(F)(F)C1CCCN(CCBr)C1. The molecule has 1 aliphatic rings. The molecule has 0 radical (unpaired) electrons. The van der Waals surface area contributed by atoms with Gasteiger partial charge in [0.05, 0.1) is 5.92 Å². The summed E-state index contributed by atoms with van der Waals surface area (Å²) in [6, 6.07) is 0. The van der Waals surface area contributed by atoms with Crippen LogP contribution in [0.4, 0.5) is 13.2 Å². The molecule has 1 saturated heterocycles. The summed E-state index contributed by atoms with van der Waals surface area (Å²) < 4.78 is 36.9. The van der Waals surface area contributed by atoms with Crippen LogP contribution in [0.5, 0.6) is 0 Å². The Morgan fingerprint density at radius 3 is 2.62 bits per heavy atom. The lowest BCUT2D eigenvalue weighted by atomic mass is 9.98. The molecule has 0 amide bonds. The van der Waals surface area contributed by atoms with Gasteiger partial charge in [0.25, 0.3) is 0 Å². The lowest BCUT2D eigenvalue weighted by molar-refractivity contribution is -0.186. The Labute approximate surface area is 84.4 Å². The molecule has 1 rings (SSSR count). The molecule has 13 heavy (non-hydrogen) atoms. The average Bonchev–Trinajstić information content (AvgIpc) is 2.04. The van der Waals surface area contributed by atoms with Gasteiger partial charge in [-0.2, -0.15) is 13.2 Å². The number of halogens is 4. The van der Waals surface area contributed by atoms with E-state index < -0.39 is 12.1 Å².